The standard InChI is InChI=1S/C9H9ClN2/c1-2-12-6-5-7-8(12)3-4-9(10)11-7/h3-6H,2H2,1H3. The first-order chi connectivity index (χ1) is 5.81. The van der Waals surface area contributed by atoms with Crippen LogP contribution in [-0.2, 0) is 6.54 Å². The Hall–Kier alpha value is -1.02. The second kappa shape index (κ2) is 2.79. The normalized spacial score (nSPS) is 10.8. The minimum absolute atomic E-state index is 0.552. The van der Waals surface area contributed by atoms with Gasteiger partial charge in [-0.1, -0.05) is 11.6 Å². The monoisotopic (exact) mass is 180 g/mol. The molecule has 2 rings (SSSR count). The first-order valence-electron chi connectivity index (χ1n) is 3.92. The quantitative estimate of drug-likeness (QED) is 0.617. The van der Waals surface area contributed by atoms with Gasteiger partial charge in [-0.15, -0.1) is 0 Å². The van der Waals surface area contributed by atoms with Crippen LogP contribution in [0.25, 0.3) is 11.0 Å². The molecule has 2 heterocycles. The highest BCUT2D eigenvalue weighted by molar-refractivity contribution is 6.29. The van der Waals surface area contributed by atoms with Crippen molar-refractivity contribution >= 4 is 22.6 Å². The second-order valence-corrected chi connectivity index (χ2v) is 3.03. The Labute approximate surface area is 75.8 Å². The predicted molar refractivity (Wildman–Crippen MR) is 50.4 cm³/mol. The number of rotatable bonds is 1. The lowest BCUT2D eigenvalue weighted by molar-refractivity contribution is 0.797. The smallest absolute Gasteiger partial charge is 0.129 e. The largest absolute Gasteiger partial charge is 0.346 e. The van der Waals surface area contributed by atoms with E-state index < -0.39 is 0 Å². The molecule has 0 unspecified atom stereocenters. The summed E-state index contributed by atoms with van der Waals surface area (Å²) in [4.78, 5) is 4.19. The van der Waals surface area contributed by atoms with Gasteiger partial charge in [0.1, 0.15) is 5.15 Å². The molecule has 2 aromatic rings. The van der Waals surface area contributed by atoms with Gasteiger partial charge in [0.05, 0.1) is 11.0 Å². The predicted octanol–water partition coefficient (Wildman–Crippen LogP) is 2.71. The number of pyridine rings is 1. The van der Waals surface area contributed by atoms with E-state index in [-0.39, 0.29) is 0 Å². The summed E-state index contributed by atoms with van der Waals surface area (Å²) in [5.41, 5.74) is 2.10. The third-order valence-corrected chi connectivity index (χ3v) is 2.14. The van der Waals surface area contributed by atoms with Gasteiger partial charge in [0.2, 0.25) is 0 Å². The molecular formula is C9H9ClN2. The number of aromatic nitrogens is 2. The molecule has 0 amide bonds. The third kappa shape index (κ3) is 1.08. The van der Waals surface area contributed by atoms with Crippen LogP contribution in [0.4, 0.5) is 0 Å². The topological polar surface area (TPSA) is 17.8 Å². The van der Waals surface area contributed by atoms with Crippen molar-refractivity contribution in [3.63, 3.8) is 0 Å². The zero-order chi connectivity index (χ0) is 8.55. The van der Waals surface area contributed by atoms with E-state index in [1.807, 2.05) is 24.4 Å². The van der Waals surface area contributed by atoms with Crippen LogP contribution in [-0.4, -0.2) is 9.55 Å². The first kappa shape index (κ1) is 7.62. The van der Waals surface area contributed by atoms with Crippen molar-refractivity contribution in [2.24, 2.45) is 0 Å². The number of aryl methyl sites for hydroxylation is 1. The summed E-state index contributed by atoms with van der Waals surface area (Å²) in [5, 5.41) is 0.552. The van der Waals surface area contributed by atoms with Gasteiger partial charge in [-0.2, -0.15) is 0 Å². The number of hydrogen-bond acceptors (Lipinski definition) is 1. The third-order valence-electron chi connectivity index (χ3n) is 1.93. The van der Waals surface area contributed by atoms with Gasteiger partial charge in [0.25, 0.3) is 0 Å². The van der Waals surface area contributed by atoms with Gasteiger partial charge in [-0.3, -0.25) is 0 Å². The van der Waals surface area contributed by atoms with Crippen LogP contribution in [0.2, 0.25) is 5.15 Å². The van der Waals surface area contributed by atoms with E-state index in [9.17, 15) is 0 Å². The zero-order valence-corrected chi connectivity index (χ0v) is 7.54. The summed E-state index contributed by atoms with van der Waals surface area (Å²) < 4.78 is 2.14. The molecule has 62 valence electrons. The summed E-state index contributed by atoms with van der Waals surface area (Å²) in [6, 6.07) is 5.79. The molecule has 0 bridgehead atoms. The Bertz CT molecular complexity index is 406. The fraction of sp³-hybridized carbons (Fsp3) is 0.222. The van der Waals surface area contributed by atoms with E-state index in [1.54, 1.807) is 0 Å². The van der Waals surface area contributed by atoms with E-state index in [0.29, 0.717) is 5.15 Å². The van der Waals surface area contributed by atoms with Crippen molar-refractivity contribution in [2.45, 2.75) is 13.5 Å². The van der Waals surface area contributed by atoms with E-state index in [2.05, 4.69) is 16.5 Å². The van der Waals surface area contributed by atoms with Crippen LogP contribution in [0, 0.1) is 0 Å². The molecule has 0 N–H and O–H groups in total. The minimum atomic E-state index is 0.552. The highest BCUT2D eigenvalue weighted by Gasteiger charge is 1.99. The number of hydrogen-bond donors (Lipinski definition) is 0. The van der Waals surface area contributed by atoms with Crippen LogP contribution in [0.15, 0.2) is 24.4 Å². The summed E-state index contributed by atoms with van der Waals surface area (Å²) in [6.07, 6.45) is 2.02. The fourth-order valence-electron chi connectivity index (χ4n) is 1.32. The van der Waals surface area contributed by atoms with E-state index in [1.165, 1.54) is 0 Å². The number of nitrogens with zero attached hydrogens (tertiary/aromatic N) is 2. The molecule has 0 atom stereocenters. The number of halogens is 1. The SMILES string of the molecule is CCn1ccc2nc(Cl)ccc21. The van der Waals surface area contributed by atoms with Crippen molar-refractivity contribution in [2.75, 3.05) is 0 Å². The molecule has 0 aliphatic rings. The molecule has 0 spiro atoms. The molecule has 0 aromatic carbocycles. The molecule has 2 nitrogen and oxygen atoms in total. The fourth-order valence-corrected chi connectivity index (χ4v) is 1.48. The molecule has 0 aliphatic heterocycles. The molecule has 12 heavy (non-hydrogen) atoms. The minimum Gasteiger partial charge on any atom is -0.346 e. The van der Waals surface area contributed by atoms with Crippen LogP contribution in [0.1, 0.15) is 6.92 Å². The van der Waals surface area contributed by atoms with Crippen molar-refractivity contribution in [3.8, 4) is 0 Å². The Morgan fingerprint density at radius 1 is 1.42 bits per heavy atom. The Morgan fingerprint density at radius 3 is 3.00 bits per heavy atom. The first-order valence-corrected chi connectivity index (χ1v) is 4.30. The molecule has 2 aromatic heterocycles. The summed E-state index contributed by atoms with van der Waals surface area (Å²) >= 11 is 5.75. The molecule has 0 aliphatic carbocycles. The van der Waals surface area contributed by atoms with Crippen LogP contribution in [0.5, 0.6) is 0 Å². The molecule has 0 radical (unpaired) electrons. The Kier molecular flexibility index (Phi) is 1.77. The van der Waals surface area contributed by atoms with E-state index in [4.69, 9.17) is 11.6 Å². The highest BCUT2D eigenvalue weighted by Crippen LogP contribution is 2.16. The van der Waals surface area contributed by atoms with Crippen molar-refractivity contribution < 1.29 is 0 Å². The van der Waals surface area contributed by atoms with Gasteiger partial charge in [0, 0.05) is 12.7 Å². The molecule has 0 saturated carbocycles. The van der Waals surface area contributed by atoms with Crippen molar-refractivity contribution in [1.29, 1.82) is 0 Å². The lowest BCUT2D eigenvalue weighted by Gasteiger charge is -1.98. The van der Waals surface area contributed by atoms with E-state index >= 15 is 0 Å². The average Bonchev–Trinajstić information content (AvgIpc) is 2.46. The van der Waals surface area contributed by atoms with Gasteiger partial charge in [-0.25, -0.2) is 4.98 Å². The van der Waals surface area contributed by atoms with Gasteiger partial charge in [0.15, 0.2) is 0 Å². The summed E-state index contributed by atoms with van der Waals surface area (Å²) in [6.45, 7) is 3.07. The van der Waals surface area contributed by atoms with Crippen LogP contribution < -0.4 is 0 Å². The summed E-state index contributed by atoms with van der Waals surface area (Å²) in [5.74, 6) is 0. The molecule has 3 heteroatoms. The molecule has 0 saturated heterocycles. The average molecular weight is 181 g/mol. The summed E-state index contributed by atoms with van der Waals surface area (Å²) in [7, 11) is 0. The van der Waals surface area contributed by atoms with E-state index in [0.717, 1.165) is 17.6 Å². The lowest BCUT2D eigenvalue weighted by atomic mass is 10.4. The Balaban J connectivity index is 2.73. The maximum atomic E-state index is 5.75. The van der Waals surface area contributed by atoms with Crippen LogP contribution >= 0.6 is 11.6 Å². The zero-order valence-electron chi connectivity index (χ0n) is 6.79. The lowest BCUT2D eigenvalue weighted by Crippen LogP contribution is -1.90. The molecule has 0 fully saturated rings. The van der Waals surface area contributed by atoms with Crippen LogP contribution in [0.3, 0.4) is 0 Å². The van der Waals surface area contributed by atoms with Crippen molar-refractivity contribution in [1.82, 2.24) is 9.55 Å². The molecular weight excluding hydrogens is 172 g/mol. The maximum absolute atomic E-state index is 5.75. The Morgan fingerprint density at radius 2 is 2.25 bits per heavy atom. The van der Waals surface area contributed by atoms with Gasteiger partial charge >= 0.3 is 0 Å². The highest BCUT2D eigenvalue weighted by atomic mass is 35.5. The number of fused-ring (bicyclic) bond motifs is 1. The second-order valence-electron chi connectivity index (χ2n) is 2.64. The van der Waals surface area contributed by atoms with Gasteiger partial charge < -0.3 is 4.57 Å². The maximum Gasteiger partial charge on any atom is 0.129 e. The van der Waals surface area contributed by atoms with Gasteiger partial charge in [-0.05, 0) is 25.1 Å². The van der Waals surface area contributed by atoms with Crippen molar-refractivity contribution in [3.05, 3.63) is 29.5 Å².